The van der Waals surface area contributed by atoms with Crippen LogP contribution in [0.1, 0.15) is 29.9 Å². The lowest BCUT2D eigenvalue weighted by Gasteiger charge is -2.24. The molecule has 3 aromatic rings. The number of allylic oxidation sites excluding steroid dienone is 1. The van der Waals surface area contributed by atoms with Gasteiger partial charge in [0.25, 0.3) is 0 Å². The Labute approximate surface area is 238 Å². The van der Waals surface area contributed by atoms with Crippen LogP contribution < -0.4 is 15.4 Å². The topological polar surface area (TPSA) is 146 Å². The zero-order chi connectivity index (χ0) is 29.1. The Bertz CT molecular complexity index is 1440. The smallest absolute Gasteiger partial charge is 0.407 e. The van der Waals surface area contributed by atoms with Gasteiger partial charge in [-0.3, -0.25) is 19.1 Å². The van der Waals surface area contributed by atoms with E-state index >= 15 is 0 Å². The number of anilines is 1. The summed E-state index contributed by atoms with van der Waals surface area (Å²) in [6, 6.07) is 18.1. The average molecular weight is 585 g/mol. The second kappa shape index (κ2) is 14.4. The standard InChI is InChI=1S/C28H32N4O6S2/c1-4-23(29-19(2)26-11-8-16-39-26)24(17-21-12-14-22(15-13-21)32-40(35,36)37)30-27(33)25(31-28(34)38-3)18-20-9-6-5-7-10-20/h4-16,24-25,32H,17-18H2,1-3H3,(H,30,33)(H,31,34)(H,35,36,37)/b23-4-,29-19?. The van der Waals surface area contributed by atoms with Crippen molar-refractivity contribution in [3.05, 3.63) is 99.9 Å². The molecule has 0 bridgehead atoms. The summed E-state index contributed by atoms with van der Waals surface area (Å²) in [7, 11) is -3.17. The molecular formula is C28H32N4O6S2. The molecule has 0 aliphatic carbocycles. The van der Waals surface area contributed by atoms with E-state index in [0.29, 0.717) is 12.1 Å². The van der Waals surface area contributed by atoms with Crippen molar-refractivity contribution >= 4 is 45.0 Å². The second-order valence-corrected chi connectivity index (χ2v) is 10.9. The van der Waals surface area contributed by atoms with Gasteiger partial charge in [-0.15, -0.1) is 11.3 Å². The van der Waals surface area contributed by atoms with Gasteiger partial charge in [-0.25, -0.2) is 4.79 Å². The summed E-state index contributed by atoms with van der Waals surface area (Å²) in [5.74, 6) is -0.424. The van der Waals surface area contributed by atoms with E-state index in [9.17, 15) is 18.0 Å². The predicted molar refractivity (Wildman–Crippen MR) is 157 cm³/mol. The third-order valence-corrected chi connectivity index (χ3v) is 7.33. The average Bonchev–Trinajstić information content (AvgIpc) is 3.47. The van der Waals surface area contributed by atoms with Crippen LogP contribution in [0.25, 0.3) is 0 Å². The van der Waals surface area contributed by atoms with Crippen molar-refractivity contribution in [2.24, 2.45) is 4.99 Å². The number of hydrogen-bond donors (Lipinski definition) is 4. The Kier molecular flexibility index (Phi) is 11.0. The minimum absolute atomic E-state index is 0.190. The molecule has 3 rings (SSSR count). The van der Waals surface area contributed by atoms with Gasteiger partial charge in [0.2, 0.25) is 5.91 Å². The fraction of sp³-hybridized carbons (Fsp3) is 0.250. The number of aliphatic imine (C=N–C) groups is 1. The van der Waals surface area contributed by atoms with Gasteiger partial charge in [-0.05, 0) is 55.0 Å². The number of methoxy groups -OCH3 is 1. The molecule has 40 heavy (non-hydrogen) atoms. The van der Waals surface area contributed by atoms with Gasteiger partial charge in [0, 0.05) is 11.3 Å². The number of thiophene rings is 1. The lowest BCUT2D eigenvalue weighted by molar-refractivity contribution is -0.123. The van der Waals surface area contributed by atoms with Gasteiger partial charge >= 0.3 is 16.4 Å². The molecule has 10 nitrogen and oxygen atoms in total. The fourth-order valence-corrected chi connectivity index (χ4v) is 5.04. The van der Waals surface area contributed by atoms with Crippen molar-refractivity contribution in [3.63, 3.8) is 0 Å². The van der Waals surface area contributed by atoms with Crippen molar-refractivity contribution < 1.29 is 27.3 Å². The molecule has 0 saturated carbocycles. The molecule has 212 valence electrons. The number of nitrogens with one attached hydrogen (secondary N) is 3. The summed E-state index contributed by atoms with van der Waals surface area (Å²) in [4.78, 5) is 31.5. The molecule has 2 aromatic carbocycles. The van der Waals surface area contributed by atoms with Gasteiger partial charge in [-0.2, -0.15) is 8.42 Å². The van der Waals surface area contributed by atoms with Gasteiger partial charge in [0.15, 0.2) is 0 Å². The van der Waals surface area contributed by atoms with Crippen LogP contribution in [-0.4, -0.2) is 49.9 Å². The van der Waals surface area contributed by atoms with Crippen LogP contribution in [0.4, 0.5) is 10.5 Å². The predicted octanol–water partition coefficient (Wildman–Crippen LogP) is 4.37. The molecule has 4 N–H and O–H groups in total. The van der Waals surface area contributed by atoms with E-state index in [2.05, 4.69) is 10.6 Å². The van der Waals surface area contributed by atoms with E-state index in [1.807, 2.05) is 72.5 Å². The highest BCUT2D eigenvalue weighted by Gasteiger charge is 2.26. The minimum atomic E-state index is -4.41. The van der Waals surface area contributed by atoms with E-state index in [1.54, 1.807) is 23.5 Å². The molecular weight excluding hydrogens is 552 g/mol. The highest BCUT2D eigenvalue weighted by Crippen LogP contribution is 2.19. The molecule has 0 fully saturated rings. The number of amides is 2. The molecule has 0 radical (unpaired) electrons. The summed E-state index contributed by atoms with van der Waals surface area (Å²) >= 11 is 1.55. The largest absolute Gasteiger partial charge is 0.453 e. The highest BCUT2D eigenvalue weighted by molar-refractivity contribution is 7.87. The molecule has 0 aliphatic rings. The molecule has 2 unspecified atom stereocenters. The molecule has 0 saturated heterocycles. The first-order chi connectivity index (χ1) is 19.1. The first-order valence-corrected chi connectivity index (χ1v) is 14.7. The zero-order valence-corrected chi connectivity index (χ0v) is 24.0. The number of rotatable bonds is 12. The molecule has 1 aromatic heterocycles. The molecule has 0 spiro atoms. The van der Waals surface area contributed by atoms with Crippen LogP contribution in [0, 0.1) is 0 Å². The van der Waals surface area contributed by atoms with Gasteiger partial charge in [0.1, 0.15) is 6.04 Å². The molecule has 2 amide bonds. The minimum Gasteiger partial charge on any atom is -0.453 e. The Balaban J connectivity index is 1.91. The summed E-state index contributed by atoms with van der Waals surface area (Å²) in [5, 5.41) is 7.61. The first-order valence-electron chi connectivity index (χ1n) is 12.4. The molecule has 1 heterocycles. The lowest BCUT2D eigenvalue weighted by atomic mass is 10.0. The fourth-order valence-electron chi connectivity index (χ4n) is 3.93. The molecule has 2 atom stereocenters. The Hall–Kier alpha value is -4.00. The van der Waals surface area contributed by atoms with E-state index in [1.165, 1.54) is 19.2 Å². The second-order valence-electron chi connectivity index (χ2n) is 8.81. The monoisotopic (exact) mass is 584 g/mol. The van der Waals surface area contributed by atoms with Crippen molar-refractivity contribution in [2.45, 2.75) is 38.8 Å². The number of alkyl carbamates (subject to hydrolysis) is 1. The van der Waals surface area contributed by atoms with Crippen LogP contribution in [0.3, 0.4) is 0 Å². The highest BCUT2D eigenvalue weighted by atomic mass is 32.2. The normalized spacial score (nSPS) is 13.7. The quantitative estimate of drug-likeness (QED) is 0.184. The summed E-state index contributed by atoms with van der Waals surface area (Å²) in [5.41, 5.74) is 3.21. The zero-order valence-electron chi connectivity index (χ0n) is 22.3. The maximum absolute atomic E-state index is 13.6. The van der Waals surface area contributed by atoms with Crippen molar-refractivity contribution in [1.29, 1.82) is 0 Å². The van der Waals surface area contributed by atoms with Crippen molar-refractivity contribution in [3.8, 4) is 0 Å². The maximum atomic E-state index is 13.6. The maximum Gasteiger partial charge on any atom is 0.407 e. The number of hydrogen-bond acceptors (Lipinski definition) is 7. The van der Waals surface area contributed by atoms with E-state index in [4.69, 9.17) is 14.3 Å². The van der Waals surface area contributed by atoms with Crippen LogP contribution in [0.15, 0.2) is 88.9 Å². The van der Waals surface area contributed by atoms with Gasteiger partial charge < -0.3 is 15.4 Å². The molecule has 0 aliphatic heterocycles. The number of ether oxygens (including phenoxy) is 1. The SMILES string of the molecule is C/C=C(\N=C(C)c1cccs1)C(Cc1ccc(NS(=O)(=O)O)cc1)NC(=O)C(Cc1ccccc1)NC(=O)OC. The third-order valence-electron chi connectivity index (χ3n) is 5.86. The Morgan fingerprint density at radius 2 is 1.62 bits per heavy atom. The first kappa shape index (κ1) is 30.5. The van der Waals surface area contributed by atoms with Crippen LogP contribution in [0.5, 0.6) is 0 Å². The van der Waals surface area contributed by atoms with Crippen molar-refractivity contribution in [2.75, 3.05) is 11.8 Å². The van der Waals surface area contributed by atoms with E-state index < -0.39 is 34.4 Å². The van der Waals surface area contributed by atoms with Gasteiger partial charge in [-0.1, -0.05) is 54.6 Å². The Morgan fingerprint density at radius 3 is 2.20 bits per heavy atom. The summed E-state index contributed by atoms with van der Waals surface area (Å²) in [6.07, 6.45) is 1.64. The Morgan fingerprint density at radius 1 is 0.975 bits per heavy atom. The van der Waals surface area contributed by atoms with Crippen LogP contribution in [0.2, 0.25) is 0 Å². The number of benzene rings is 2. The van der Waals surface area contributed by atoms with E-state index in [-0.39, 0.29) is 12.1 Å². The number of carbonyl (C=O) groups is 2. The lowest BCUT2D eigenvalue weighted by Crippen LogP contribution is -2.51. The van der Waals surface area contributed by atoms with Gasteiger partial charge in [0.05, 0.1) is 30.2 Å². The van der Waals surface area contributed by atoms with E-state index in [0.717, 1.165) is 21.7 Å². The van der Waals surface area contributed by atoms with Crippen LogP contribution in [-0.2, 0) is 32.7 Å². The summed E-state index contributed by atoms with van der Waals surface area (Å²) in [6.45, 7) is 3.72. The van der Waals surface area contributed by atoms with Crippen LogP contribution >= 0.6 is 11.3 Å². The number of carbonyl (C=O) groups excluding carboxylic acids is 2. The third kappa shape index (κ3) is 9.63. The molecule has 12 heteroatoms. The number of nitrogens with zero attached hydrogens (tertiary/aromatic N) is 1. The summed E-state index contributed by atoms with van der Waals surface area (Å²) < 4.78 is 38.1. The van der Waals surface area contributed by atoms with Crippen molar-refractivity contribution in [1.82, 2.24) is 10.6 Å².